The van der Waals surface area contributed by atoms with E-state index >= 15 is 0 Å². The van der Waals surface area contributed by atoms with E-state index in [2.05, 4.69) is 76.1 Å². The molecule has 0 atom stereocenters. The zero-order valence-electron chi connectivity index (χ0n) is 15.1. The molecule has 0 radical (unpaired) electrons. The van der Waals surface area contributed by atoms with Crippen molar-refractivity contribution in [2.75, 3.05) is 0 Å². The number of fused-ring (bicyclic) bond motifs is 12. The molecule has 3 aromatic heterocycles. The van der Waals surface area contributed by atoms with Gasteiger partial charge in [-0.2, -0.15) is 0 Å². The van der Waals surface area contributed by atoms with E-state index in [0.717, 1.165) is 23.2 Å². The van der Waals surface area contributed by atoms with Crippen molar-refractivity contribution in [3.8, 4) is 11.1 Å². The number of hydrogen-bond donors (Lipinski definition) is 0. The smallest absolute Gasteiger partial charge is 0.178 e. The van der Waals surface area contributed by atoms with E-state index in [1.165, 1.54) is 43.9 Å². The SMILES string of the molecule is c1ccc2c(c1)Cc1c-2ccc2c3ccccc3n3c4cccnc4nc3c12. The summed E-state index contributed by atoms with van der Waals surface area (Å²) in [5, 5.41) is 3.78. The molecule has 0 amide bonds. The monoisotopic (exact) mass is 357 g/mol. The van der Waals surface area contributed by atoms with Gasteiger partial charge < -0.3 is 0 Å². The third-order valence-corrected chi connectivity index (χ3v) is 6.08. The molecule has 0 N–H and O–H groups in total. The van der Waals surface area contributed by atoms with Crippen molar-refractivity contribution in [3.05, 3.63) is 90.1 Å². The second-order valence-corrected chi connectivity index (χ2v) is 7.48. The predicted molar refractivity (Wildman–Crippen MR) is 114 cm³/mol. The van der Waals surface area contributed by atoms with Gasteiger partial charge in [-0.25, -0.2) is 9.97 Å². The first kappa shape index (κ1) is 14.4. The minimum atomic E-state index is 0.799. The number of hydrogen-bond acceptors (Lipinski definition) is 2. The number of para-hydroxylation sites is 1. The van der Waals surface area contributed by atoms with Crippen LogP contribution in [-0.2, 0) is 6.42 Å². The molecule has 28 heavy (non-hydrogen) atoms. The third-order valence-electron chi connectivity index (χ3n) is 6.08. The summed E-state index contributed by atoms with van der Waals surface area (Å²) in [5.41, 5.74) is 9.50. The molecule has 0 spiro atoms. The molecule has 0 aliphatic heterocycles. The number of aromatic nitrogens is 3. The molecule has 0 saturated carbocycles. The second kappa shape index (κ2) is 4.96. The zero-order valence-corrected chi connectivity index (χ0v) is 15.1. The van der Waals surface area contributed by atoms with Crippen LogP contribution in [0.2, 0.25) is 0 Å². The Balaban J connectivity index is 1.79. The fraction of sp³-hybridized carbons (Fsp3) is 0.0400. The fourth-order valence-corrected chi connectivity index (χ4v) is 4.91. The van der Waals surface area contributed by atoms with Crippen molar-refractivity contribution >= 4 is 38.5 Å². The first-order valence-electron chi connectivity index (χ1n) is 9.58. The van der Waals surface area contributed by atoms with Gasteiger partial charge in [0.2, 0.25) is 0 Å². The Morgan fingerprint density at radius 1 is 0.714 bits per heavy atom. The van der Waals surface area contributed by atoms with Crippen LogP contribution in [0, 0.1) is 0 Å². The molecule has 0 bridgehead atoms. The van der Waals surface area contributed by atoms with Crippen molar-refractivity contribution in [2.24, 2.45) is 0 Å². The Hall–Kier alpha value is -3.72. The Morgan fingerprint density at radius 3 is 2.57 bits per heavy atom. The summed E-state index contributed by atoms with van der Waals surface area (Å²) in [5.74, 6) is 0. The van der Waals surface area contributed by atoms with Gasteiger partial charge in [-0.15, -0.1) is 0 Å². The van der Waals surface area contributed by atoms with Crippen LogP contribution >= 0.6 is 0 Å². The maximum absolute atomic E-state index is 4.99. The zero-order chi connectivity index (χ0) is 18.2. The van der Waals surface area contributed by atoms with Crippen LogP contribution in [0.25, 0.3) is 49.6 Å². The van der Waals surface area contributed by atoms with Gasteiger partial charge in [0.05, 0.1) is 11.0 Å². The molecule has 3 heterocycles. The fourth-order valence-electron chi connectivity index (χ4n) is 4.91. The summed E-state index contributed by atoms with van der Waals surface area (Å²) >= 11 is 0. The van der Waals surface area contributed by atoms with E-state index in [9.17, 15) is 0 Å². The highest BCUT2D eigenvalue weighted by Crippen LogP contribution is 2.43. The van der Waals surface area contributed by atoms with Crippen molar-refractivity contribution in [2.45, 2.75) is 6.42 Å². The highest BCUT2D eigenvalue weighted by Gasteiger charge is 2.24. The van der Waals surface area contributed by atoms with Gasteiger partial charge in [-0.3, -0.25) is 4.40 Å². The lowest BCUT2D eigenvalue weighted by atomic mass is 9.97. The highest BCUT2D eigenvalue weighted by atomic mass is 15.1. The summed E-state index contributed by atoms with van der Waals surface area (Å²) in [6.07, 6.45) is 2.77. The first-order chi connectivity index (χ1) is 13.9. The van der Waals surface area contributed by atoms with E-state index in [0.29, 0.717) is 0 Å². The van der Waals surface area contributed by atoms with Crippen molar-refractivity contribution in [1.29, 1.82) is 0 Å². The van der Waals surface area contributed by atoms with E-state index in [1.54, 1.807) is 0 Å². The lowest BCUT2D eigenvalue weighted by molar-refractivity contribution is 1.27. The molecule has 3 nitrogen and oxygen atoms in total. The lowest BCUT2D eigenvalue weighted by Crippen LogP contribution is -1.94. The van der Waals surface area contributed by atoms with Crippen molar-refractivity contribution in [1.82, 2.24) is 14.4 Å². The molecule has 3 heteroatoms. The average Bonchev–Trinajstić information content (AvgIpc) is 3.32. The maximum atomic E-state index is 4.99. The number of nitrogens with zero attached hydrogens (tertiary/aromatic N) is 3. The lowest BCUT2D eigenvalue weighted by Gasteiger charge is -2.12. The van der Waals surface area contributed by atoms with Crippen LogP contribution in [0.3, 0.4) is 0 Å². The Labute approximate surface area is 160 Å². The Morgan fingerprint density at radius 2 is 1.57 bits per heavy atom. The van der Waals surface area contributed by atoms with Gasteiger partial charge in [-0.1, -0.05) is 54.6 Å². The van der Waals surface area contributed by atoms with Crippen LogP contribution in [0.4, 0.5) is 0 Å². The van der Waals surface area contributed by atoms with Gasteiger partial charge in [0.15, 0.2) is 5.65 Å². The first-order valence-corrected chi connectivity index (χ1v) is 9.58. The average molecular weight is 357 g/mol. The van der Waals surface area contributed by atoms with E-state index in [4.69, 9.17) is 4.98 Å². The number of pyridine rings is 2. The molecule has 0 unspecified atom stereocenters. The maximum Gasteiger partial charge on any atom is 0.178 e. The Kier molecular flexibility index (Phi) is 2.54. The summed E-state index contributed by atoms with van der Waals surface area (Å²) in [7, 11) is 0. The van der Waals surface area contributed by atoms with Gasteiger partial charge in [0, 0.05) is 17.0 Å². The molecule has 6 aromatic rings. The van der Waals surface area contributed by atoms with Crippen LogP contribution in [0.15, 0.2) is 79.0 Å². The van der Waals surface area contributed by atoms with Crippen LogP contribution in [0.5, 0.6) is 0 Å². The standard InChI is InChI=1S/C25H15N3/c1-2-7-16-15(6-1)14-20-17(16)11-12-19-18-8-3-4-9-21(18)28-22-10-5-13-26-24(22)27-25(28)23(19)20/h1-13H,14H2. The quantitative estimate of drug-likeness (QED) is 0.323. The molecule has 1 aliphatic carbocycles. The molecular weight excluding hydrogens is 342 g/mol. The van der Waals surface area contributed by atoms with E-state index in [-0.39, 0.29) is 0 Å². The van der Waals surface area contributed by atoms with Gasteiger partial charge in [0.25, 0.3) is 0 Å². The second-order valence-electron chi connectivity index (χ2n) is 7.48. The normalized spacial score (nSPS) is 12.9. The van der Waals surface area contributed by atoms with Gasteiger partial charge in [-0.05, 0) is 52.3 Å². The minimum Gasteiger partial charge on any atom is -0.290 e. The van der Waals surface area contributed by atoms with Crippen LogP contribution in [-0.4, -0.2) is 14.4 Å². The minimum absolute atomic E-state index is 0.799. The largest absolute Gasteiger partial charge is 0.290 e. The summed E-state index contributed by atoms with van der Waals surface area (Å²) < 4.78 is 2.28. The topological polar surface area (TPSA) is 30.2 Å². The molecule has 130 valence electrons. The summed E-state index contributed by atoms with van der Waals surface area (Å²) in [4.78, 5) is 9.52. The van der Waals surface area contributed by atoms with E-state index < -0.39 is 0 Å². The van der Waals surface area contributed by atoms with Crippen molar-refractivity contribution < 1.29 is 0 Å². The number of benzene rings is 3. The molecule has 0 saturated heterocycles. The van der Waals surface area contributed by atoms with Crippen LogP contribution in [0.1, 0.15) is 11.1 Å². The van der Waals surface area contributed by atoms with E-state index in [1.807, 2.05) is 12.3 Å². The predicted octanol–water partition coefficient (Wildman–Crippen LogP) is 5.76. The summed E-state index contributed by atoms with van der Waals surface area (Å²) in [6.45, 7) is 0. The van der Waals surface area contributed by atoms with Gasteiger partial charge >= 0.3 is 0 Å². The number of imidazole rings is 1. The molecule has 7 rings (SSSR count). The molecular formula is C25H15N3. The van der Waals surface area contributed by atoms with Crippen LogP contribution < -0.4 is 0 Å². The van der Waals surface area contributed by atoms with Crippen molar-refractivity contribution in [3.63, 3.8) is 0 Å². The summed E-state index contributed by atoms with van der Waals surface area (Å²) in [6, 6.07) is 26.0. The molecule has 3 aromatic carbocycles. The van der Waals surface area contributed by atoms with Gasteiger partial charge in [0.1, 0.15) is 5.65 Å². The molecule has 1 aliphatic rings. The number of rotatable bonds is 0. The highest BCUT2D eigenvalue weighted by molar-refractivity contribution is 6.16. The Bertz CT molecular complexity index is 1590. The third kappa shape index (κ3) is 1.65. The molecule has 0 fully saturated rings.